The van der Waals surface area contributed by atoms with Gasteiger partial charge in [-0.2, -0.15) is 0 Å². The third-order valence-corrected chi connectivity index (χ3v) is 3.46. The number of hydrogen-bond acceptors (Lipinski definition) is 3. The topological polar surface area (TPSA) is 69.6 Å². The molecular formula is C9H14N2O3. The van der Waals surface area contributed by atoms with E-state index < -0.39 is 11.5 Å². The van der Waals surface area contributed by atoms with Gasteiger partial charge in [-0.15, -0.1) is 0 Å². The molecule has 14 heavy (non-hydrogen) atoms. The van der Waals surface area contributed by atoms with Crippen LogP contribution in [0.15, 0.2) is 0 Å². The minimum Gasteiger partial charge on any atom is -0.479 e. The Balaban J connectivity index is 2.26. The summed E-state index contributed by atoms with van der Waals surface area (Å²) in [6.07, 6.45) is 2.25. The molecule has 2 bridgehead atoms. The lowest BCUT2D eigenvalue weighted by Gasteiger charge is -2.50. The van der Waals surface area contributed by atoms with Crippen LogP contribution in [0, 0.1) is 5.92 Å². The van der Waals surface area contributed by atoms with Crippen LogP contribution >= 0.6 is 0 Å². The molecule has 3 aliphatic rings. The summed E-state index contributed by atoms with van der Waals surface area (Å²) in [6, 6.07) is 0. The van der Waals surface area contributed by atoms with Crippen molar-refractivity contribution in [1.82, 2.24) is 10.2 Å². The summed E-state index contributed by atoms with van der Waals surface area (Å²) in [5.41, 5.74) is -1.03. The number of piperidine rings is 3. The minimum absolute atomic E-state index is 0.0928. The van der Waals surface area contributed by atoms with Crippen molar-refractivity contribution in [3.63, 3.8) is 0 Å². The second-order valence-corrected chi connectivity index (χ2v) is 4.09. The van der Waals surface area contributed by atoms with Gasteiger partial charge in [0.1, 0.15) is 0 Å². The van der Waals surface area contributed by atoms with Gasteiger partial charge in [0.15, 0.2) is 5.54 Å². The Morgan fingerprint density at radius 2 is 2.14 bits per heavy atom. The second-order valence-electron chi connectivity index (χ2n) is 4.09. The molecular weight excluding hydrogens is 184 g/mol. The largest absolute Gasteiger partial charge is 0.479 e. The number of carbonyl (C=O) groups is 2. The van der Waals surface area contributed by atoms with E-state index in [-0.39, 0.29) is 5.92 Å². The van der Waals surface area contributed by atoms with Crippen molar-refractivity contribution >= 4 is 12.4 Å². The molecule has 0 aromatic carbocycles. The zero-order valence-corrected chi connectivity index (χ0v) is 7.90. The summed E-state index contributed by atoms with van der Waals surface area (Å²) < 4.78 is 0. The normalized spacial score (nSPS) is 40.6. The van der Waals surface area contributed by atoms with Gasteiger partial charge in [-0.25, -0.2) is 4.79 Å². The van der Waals surface area contributed by atoms with Gasteiger partial charge in [0, 0.05) is 6.54 Å². The fourth-order valence-corrected chi connectivity index (χ4v) is 2.64. The number of fused-ring (bicyclic) bond motifs is 3. The number of carboxylic acids is 1. The minimum atomic E-state index is -1.03. The molecule has 0 aromatic rings. The highest BCUT2D eigenvalue weighted by Crippen LogP contribution is 2.35. The van der Waals surface area contributed by atoms with Crippen LogP contribution in [0.1, 0.15) is 12.8 Å². The third kappa shape index (κ3) is 1.19. The van der Waals surface area contributed by atoms with E-state index >= 15 is 0 Å². The number of nitrogens with zero attached hydrogens (tertiary/aromatic N) is 1. The molecule has 1 amide bonds. The van der Waals surface area contributed by atoms with Gasteiger partial charge in [0.2, 0.25) is 6.41 Å². The van der Waals surface area contributed by atoms with E-state index in [9.17, 15) is 14.7 Å². The Labute approximate surface area is 82.1 Å². The smallest absolute Gasteiger partial charge is 0.331 e. The van der Waals surface area contributed by atoms with Crippen LogP contribution in [0.5, 0.6) is 0 Å². The summed E-state index contributed by atoms with van der Waals surface area (Å²) in [7, 11) is 0. The van der Waals surface area contributed by atoms with Gasteiger partial charge in [-0.1, -0.05) is 0 Å². The number of amides is 1. The van der Waals surface area contributed by atoms with E-state index in [1.165, 1.54) is 0 Å². The number of nitrogens with one attached hydrogen (secondary N) is 1. The second kappa shape index (κ2) is 3.24. The SMILES string of the molecule is O=CNC1(C(=O)O)CN2CCC1CC2. The molecule has 0 aromatic heterocycles. The van der Waals surface area contributed by atoms with Gasteiger partial charge in [-0.3, -0.25) is 4.79 Å². The fourth-order valence-electron chi connectivity index (χ4n) is 2.64. The van der Waals surface area contributed by atoms with Crippen molar-refractivity contribution in [1.29, 1.82) is 0 Å². The molecule has 1 unspecified atom stereocenters. The van der Waals surface area contributed by atoms with Crippen LogP contribution in [0.3, 0.4) is 0 Å². The molecule has 3 fully saturated rings. The Bertz CT molecular complexity index is 261. The average Bonchev–Trinajstić information content (AvgIpc) is 2.19. The number of aliphatic carboxylic acids is 1. The first-order valence-corrected chi connectivity index (χ1v) is 4.86. The summed E-state index contributed by atoms with van der Waals surface area (Å²) in [5, 5.41) is 11.7. The molecule has 3 aliphatic heterocycles. The Morgan fingerprint density at radius 1 is 1.50 bits per heavy atom. The van der Waals surface area contributed by atoms with Crippen LogP contribution in [0.4, 0.5) is 0 Å². The molecule has 0 radical (unpaired) electrons. The van der Waals surface area contributed by atoms with Gasteiger partial charge >= 0.3 is 5.97 Å². The first-order valence-electron chi connectivity index (χ1n) is 4.86. The maximum atomic E-state index is 11.2. The molecule has 1 atom stereocenters. The molecule has 5 heteroatoms. The number of carboxylic acid groups (broad SMARTS) is 1. The summed E-state index contributed by atoms with van der Waals surface area (Å²) in [5.74, 6) is -0.811. The van der Waals surface area contributed by atoms with E-state index in [1.807, 2.05) is 0 Å². The molecule has 2 N–H and O–H groups in total. The van der Waals surface area contributed by atoms with Gasteiger partial charge in [0.25, 0.3) is 0 Å². The standard InChI is InChI=1S/C9H14N2O3/c12-6-10-9(8(13)14)5-11-3-1-7(9)2-4-11/h6-7H,1-5H2,(H,10,12)(H,13,14). The Morgan fingerprint density at radius 3 is 2.50 bits per heavy atom. The third-order valence-electron chi connectivity index (χ3n) is 3.46. The molecule has 0 spiro atoms. The fraction of sp³-hybridized carbons (Fsp3) is 0.778. The van der Waals surface area contributed by atoms with Crippen molar-refractivity contribution in [2.75, 3.05) is 19.6 Å². The molecule has 3 rings (SSSR count). The number of carbonyl (C=O) groups excluding carboxylic acids is 1. The zero-order valence-electron chi connectivity index (χ0n) is 7.90. The summed E-state index contributed by atoms with van der Waals surface area (Å²) in [4.78, 5) is 23.8. The summed E-state index contributed by atoms with van der Waals surface area (Å²) in [6.45, 7) is 2.37. The summed E-state index contributed by atoms with van der Waals surface area (Å²) >= 11 is 0. The van der Waals surface area contributed by atoms with Crippen LogP contribution in [-0.2, 0) is 9.59 Å². The van der Waals surface area contributed by atoms with Gasteiger partial charge in [0.05, 0.1) is 0 Å². The lowest BCUT2D eigenvalue weighted by Crippen LogP contribution is -2.69. The Kier molecular flexibility index (Phi) is 2.19. The van der Waals surface area contributed by atoms with Crippen molar-refractivity contribution in [3.05, 3.63) is 0 Å². The van der Waals surface area contributed by atoms with Crippen LogP contribution in [0.2, 0.25) is 0 Å². The number of rotatable bonds is 3. The molecule has 3 heterocycles. The lowest BCUT2D eigenvalue weighted by atomic mass is 9.73. The van der Waals surface area contributed by atoms with E-state index in [1.54, 1.807) is 0 Å². The first kappa shape index (κ1) is 9.45. The quantitative estimate of drug-likeness (QED) is 0.587. The van der Waals surface area contributed by atoms with Crippen molar-refractivity contribution in [2.24, 2.45) is 5.92 Å². The molecule has 5 nitrogen and oxygen atoms in total. The molecule has 0 saturated carbocycles. The van der Waals surface area contributed by atoms with Crippen LogP contribution in [0.25, 0.3) is 0 Å². The Hall–Kier alpha value is -1.10. The number of hydrogen-bond donors (Lipinski definition) is 2. The van der Waals surface area contributed by atoms with E-state index in [0.29, 0.717) is 13.0 Å². The monoisotopic (exact) mass is 198 g/mol. The lowest BCUT2D eigenvalue weighted by molar-refractivity contribution is -0.155. The predicted octanol–water partition coefficient (Wildman–Crippen LogP) is -0.719. The average molecular weight is 198 g/mol. The first-order chi connectivity index (χ1) is 6.69. The maximum Gasteiger partial charge on any atom is 0.331 e. The van der Waals surface area contributed by atoms with Crippen molar-refractivity contribution < 1.29 is 14.7 Å². The zero-order chi connectivity index (χ0) is 10.2. The van der Waals surface area contributed by atoms with Crippen molar-refractivity contribution in [2.45, 2.75) is 18.4 Å². The van der Waals surface area contributed by atoms with Gasteiger partial charge < -0.3 is 15.3 Å². The highest BCUT2D eigenvalue weighted by Gasteiger charge is 2.52. The maximum absolute atomic E-state index is 11.2. The van der Waals surface area contributed by atoms with Gasteiger partial charge in [-0.05, 0) is 31.8 Å². The van der Waals surface area contributed by atoms with E-state index in [4.69, 9.17) is 0 Å². The molecule has 78 valence electrons. The highest BCUT2D eigenvalue weighted by atomic mass is 16.4. The van der Waals surface area contributed by atoms with Crippen molar-refractivity contribution in [3.8, 4) is 0 Å². The molecule has 0 aliphatic carbocycles. The van der Waals surface area contributed by atoms with E-state index in [2.05, 4.69) is 10.2 Å². The molecule has 3 saturated heterocycles. The van der Waals surface area contributed by atoms with E-state index in [0.717, 1.165) is 25.9 Å². The highest BCUT2D eigenvalue weighted by molar-refractivity contribution is 5.82. The predicted molar refractivity (Wildman–Crippen MR) is 48.7 cm³/mol. The van der Waals surface area contributed by atoms with Crippen LogP contribution < -0.4 is 5.32 Å². The van der Waals surface area contributed by atoms with Crippen LogP contribution in [-0.4, -0.2) is 47.6 Å².